The number of thiophene rings is 1. The molecule has 0 saturated carbocycles. The summed E-state index contributed by atoms with van der Waals surface area (Å²) in [6.45, 7) is 0.604. The highest BCUT2D eigenvalue weighted by molar-refractivity contribution is 7.12. The number of halogens is 1. The number of nitrogens with one attached hydrogen (secondary N) is 1. The molecule has 33 heavy (non-hydrogen) atoms. The van der Waals surface area contributed by atoms with Crippen LogP contribution in [0.3, 0.4) is 0 Å². The topological polar surface area (TPSA) is 62.3 Å². The number of anilines is 1. The second-order valence-corrected chi connectivity index (χ2v) is 8.39. The van der Waals surface area contributed by atoms with E-state index in [4.69, 9.17) is 0 Å². The Balaban J connectivity index is 1.46. The number of aromatic nitrogens is 1. The fourth-order valence-corrected chi connectivity index (χ4v) is 4.04. The quantitative estimate of drug-likeness (QED) is 0.404. The Morgan fingerprint density at radius 3 is 2.48 bits per heavy atom. The lowest BCUT2D eigenvalue weighted by Gasteiger charge is -2.23. The summed E-state index contributed by atoms with van der Waals surface area (Å²) in [5.41, 5.74) is 2.99. The van der Waals surface area contributed by atoms with Crippen LogP contribution in [0.4, 0.5) is 10.1 Å². The average Bonchev–Trinajstić information content (AvgIpc) is 3.37. The van der Waals surface area contributed by atoms with Crippen molar-refractivity contribution in [3.8, 4) is 0 Å². The normalized spacial score (nSPS) is 10.6. The van der Waals surface area contributed by atoms with Gasteiger partial charge in [0.15, 0.2) is 0 Å². The van der Waals surface area contributed by atoms with Crippen molar-refractivity contribution < 1.29 is 14.0 Å². The van der Waals surface area contributed by atoms with E-state index >= 15 is 0 Å². The summed E-state index contributed by atoms with van der Waals surface area (Å²) in [7, 11) is 0. The molecule has 2 aromatic carbocycles. The van der Waals surface area contributed by atoms with E-state index in [0.29, 0.717) is 22.7 Å². The number of benzene rings is 2. The van der Waals surface area contributed by atoms with Crippen LogP contribution in [0.25, 0.3) is 0 Å². The van der Waals surface area contributed by atoms with Crippen LogP contribution in [0.1, 0.15) is 26.5 Å². The number of nitrogens with zero attached hydrogens (tertiary/aromatic N) is 2. The van der Waals surface area contributed by atoms with E-state index in [1.807, 2.05) is 53.9 Å². The van der Waals surface area contributed by atoms with Crippen molar-refractivity contribution >= 4 is 28.8 Å². The zero-order valence-corrected chi connectivity index (χ0v) is 18.6. The average molecular weight is 460 g/mol. The van der Waals surface area contributed by atoms with E-state index in [1.165, 1.54) is 23.5 Å². The molecule has 5 nitrogen and oxygen atoms in total. The molecular formula is C26H22FN3O2S. The number of hydrogen-bond acceptors (Lipinski definition) is 4. The van der Waals surface area contributed by atoms with Crippen molar-refractivity contribution in [2.45, 2.75) is 19.5 Å². The van der Waals surface area contributed by atoms with Gasteiger partial charge in [-0.1, -0.05) is 36.4 Å². The van der Waals surface area contributed by atoms with Crippen LogP contribution in [0.15, 0.2) is 90.4 Å². The predicted octanol–water partition coefficient (Wildman–Crippen LogP) is 4.99. The molecule has 2 heterocycles. The van der Waals surface area contributed by atoms with Crippen molar-refractivity contribution in [3.63, 3.8) is 0 Å². The summed E-state index contributed by atoms with van der Waals surface area (Å²) in [5.74, 6) is -0.613. The van der Waals surface area contributed by atoms with E-state index in [9.17, 15) is 14.0 Å². The van der Waals surface area contributed by atoms with Crippen molar-refractivity contribution in [2.75, 3.05) is 4.90 Å². The van der Waals surface area contributed by atoms with Gasteiger partial charge in [0.25, 0.3) is 5.91 Å². The fraction of sp³-hybridized carbons (Fsp3) is 0.115. The van der Waals surface area contributed by atoms with Crippen LogP contribution in [0, 0.1) is 5.82 Å². The largest absolute Gasteiger partial charge is 0.350 e. The summed E-state index contributed by atoms with van der Waals surface area (Å²) in [4.78, 5) is 31.9. The standard InChI is InChI=1S/C26H22FN3O2S/c27-21-6-3-5-20(15-21)18-30(26(32)24-8-4-14-33-24)23-11-9-19(10-12-23)16-25(31)29-17-22-7-1-2-13-28-22/h1-15H,16-18H2,(H,29,31). The van der Waals surface area contributed by atoms with Gasteiger partial charge in [0.2, 0.25) is 5.91 Å². The van der Waals surface area contributed by atoms with Crippen LogP contribution in [-0.2, 0) is 24.3 Å². The molecule has 0 aliphatic carbocycles. The van der Waals surface area contributed by atoms with E-state index in [0.717, 1.165) is 11.3 Å². The van der Waals surface area contributed by atoms with Gasteiger partial charge in [0.05, 0.1) is 30.1 Å². The molecule has 4 aromatic rings. The summed E-state index contributed by atoms with van der Waals surface area (Å²) in [6, 6.07) is 22.7. The molecule has 0 radical (unpaired) electrons. The van der Waals surface area contributed by atoms with Crippen LogP contribution in [-0.4, -0.2) is 16.8 Å². The first-order valence-electron chi connectivity index (χ1n) is 10.4. The Labute approximate surface area is 195 Å². The van der Waals surface area contributed by atoms with E-state index < -0.39 is 0 Å². The molecular weight excluding hydrogens is 437 g/mol. The summed E-state index contributed by atoms with van der Waals surface area (Å²) < 4.78 is 13.7. The molecule has 0 spiro atoms. The number of amides is 2. The third kappa shape index (κ3) is 6.11. The third-order valence-corrected chi connectivity index (χ3v) is 5.87. The Hall–Kier alpha value is -3.84. The number of carbonyl (C=O) groups excluding carboxylic acids is 2. The molecule has 0 aliphatic rings. The van der Waals surface area contributed by atoms with Crippen LogP contribution in [0.5, 0.6) is 0 Å². The van der Waals surface area contributed by atoms with Crippen LogP contribution >= 0.6 is 11.3 Å². The highest BCUT2D eigenvalue weighted by Gasteiger charge is 2.19. The first-order chi connectivity index (χ1) is 16.1. The first-order valence-corrected chi connectivity index (χ1v) is 11.3. The van der Waals surface area contributed by atoms with Gasteiger partial charge in [-0.05, 0) is 59.0 Å². The molecule has 166 valence electrons. The number of carbonyl (C=O) groups is 2. The minimum atomic E-state index is -0.344. The Bertz CT molecular complexity index is 1210. The molecule has 2 aromatic heterocycles. The molecule has 0 bridgehead atoms. The Morgan fingerprint density at radius 2 is 1.79 bits per heavy atom. The zero-order chi connectivity index (χ0) is 23.0. The first kappa shape index (κ1) is 22.4. The van der Waals surface area contributed by atoms with Crippen molar-refractivity contribution in [3.05, 3.63) is 118 Å². The molecule has 0 unspecified atom stereocenters. The van der Waals surface area contributed by atoms with Crippen molar-refractivity contribution in [1.82, 2.24) is 10.3 Å². The molecule has 1 N–H and O–H groups in total. The molecule has 2 amide bonds. The van der Waals surface area contributed by atoms with Gasteiger partial charge in [-0.3, -0.25) is 14.6 Å². The summed E-state index contributed by atoms with van der Waals surface area (Å²) >= 11 is 1.36. The van der Waals surface area contributed by atoms with Gasteiger partial charge < -0.3 is 10.2 Å². The van der Waals surface area contributed by atoms with Gasteiger partial charge in [-0.15, -0.1) is 11.3 Å². The van der Waals surface area contributed by atoms with Gasteiger partial charge in [0.1, 0.15) is 5.82 Å². The summed E-state index contributed by atoms with van der Waals surface area (Å²) in [5, 5.41) is 4.71. The molecule has 4 rings (SSSR count). The Kier molecular flexibility index (Phi) is 7.22. The molecule has 0 aliphatic heterocycles. The van der Waals surface area contributed by atoms with E-state index in [-0.39, 0.29) is 30.6 Å². The minimum absolute atomic E-state index is 0.111. The SMILES string of the molecule is O=C(Cc1ccc(N(Cc2cccc(F)c2)C(=O)c2cccs2)cc1)NCc1ccccn1. The van der Waals surface area contributed by atoms with Gasteiger partial charge in [0, 0.05) is 11.9 Å². The lowest BCUT2D eigenvalue weighted by molar-refractivity contribution is -0.120. The molecule has 0 saturated heterocycles. The molecule has 0 atom stereocenters. The number of hydrogen-bond donors (Lipinski definition) is 1. The van der Waals surface area contributed by atoms with Gasteiger partial charge in [-0.2, -0.15) is 0 Å². The van der Waals surface area contributed by atoms with E-state index in [2.05, 4.69) is 10.3 Å². The second kappa shape index (κ2) is 10.7. The van der Waals surface area contributed by atoms with Crippen LogP contribution < -0.4 is 10.2 Å². The van der Waals surface area contributed by atoms with Gasteiger partial charge in [-0.25, -0.2) is 4.39 Å². The third-order valence-electron chi connectivity index (χ3n) is 5.01. The fourth-order valence-electron chi connectivity index (χ4n) is 3.36. The number of rotatable bonds is 8. The smallest absolute Gasteiger partial charge is 0.268 e. The Morgan fingerprint density at radius 1 is 0.939 bits per heavy atom. The number of pyridine rings is 1. The maximum Gasteiger partial charge on any atom is 0.268 e. The van der Waals surface area contributed by atoms with Crippen molar-refractivity contribution in [1.29, 1.82) is 0 Å². The minimum Gasteiger partial charge on any atom is -0.350 e. The van der Waals surface area contributed by atoms with Crippen molar-refractivity contribution in [2.24, 2.45) is 0 Å². The van der Waals surface area contributed by atoms with Gasteiger partial charge >= 0.3 is 0 Å². The predicted molar refractivity (Wildman–Crippen MR) is 127 cm³/mol. The molecule has 7 heteroatoms. The lowest BCUT2D eigenvalue weighted by Crippen LogP contribution is -2.30. The monoisotopic (exact) mass is 459 g/mol. The van der Waals surface area contributed by atoms with Crippen LogP contribution in [0.2, 0.25) is 0 Å². The second-order valence-electron chi connectivity index (χ2n) is 7.44. The lowest BCUT2D eigenvalue weighted by atomic mass is 10.1. The maximum absolute atomic E-state index is 13.7. The summed E-state index contributed by atoms with van der Waals surface area (Å²) in [6.07, 6.45) is 1.91. The maximum atomic E-state index is 13.7. The highest BCUT2D eigenvalue weighted by Crippen LogP contribution is 2.23. The zero-order valence-electron chi connectivity index (χ0n) is 17.8. The highest BCUT2D eigenvalue weighted by atomic mass is 32.1. The molecule has 0 fully saturated rings. The van der Waals surface area contributed by atoms with E-state index in [1.54, 1.807) is 29.3 Å².